The zero-order valence-corrected chi connectivity index (χ0v) is 8.57. The van der Waals surface area contributed by atoms with Crippen molar-refractivity contribution in [1.29, 1.82) is 0 Å². The van der Waals surface area contributed by atoms with E-state index in [1.165, 1.54) is 19.3 Å². The fourth-order valence-electron chi connectivity index (χ4n) is 1.64. The number of benzene rings is 1. The van der Waals surface area contributed by atoms with Gasteiger partial charge in [-0.05, 0) is 30.5 Å². The number of aromatic carboxylic acids is 1. The Morgan fingerprint density at radius 1 is 1.33 bits per heavy atom. The highest BCUT2D eigenvalue weighted by atomic mass is 16.4. The average molecular weight is 205 g/mol. The Morgan fingerprint density at radius 2 is 2.00 bits per heavy atom. The Labute approximate surface area is 89.1 Å². The summed E-state index contributed by atoms with van der Waals surface area (Å²) in [5.41, 5.74) is 1.49. The number of carboxylic acids is 1. The van der Waals surface area contributed by atoms with Gasteiger partial charge in [0, 0.05) is 12.6 Å². The third kappa shape index (κ3) is 2.57. The highest BCUT2D eigenvalue weighted by Crippen LogP contribution is 2.18. The van der Waals surface area contributed by atoms with Crippen LogP contribution in [-0.2, 0) is 6.54 Å². The Hall–Kier alpha value is -1.35. The topological polar surface area (TPSA) is 49.3 Å². The lowest BCUT2D eigenvalue weighted by Crippen LogP contribution is -2.34. The van der Waals surface area contributed by atoms with E-state index < -0.39 is 5.97 Å². The molecule has 1 aromatic carbocycles. The van der Waals surface area contributed by atoms with Crippen LogP contribution in [0.1, 0.15) is 35.2 Å². The molecule has 1 aliphatic rings. The monoisotopic (exact) mass is 205 g/mol. The van der Waals surface area contributed by atoms with E-state index in [0.29, 0.717) is 11.6 Å². The molecule has 0 atom stereocenters. The predicted molar refractivity (Wildman–Crippen MR) is 57.9 cm³/mol. The van der Waals surface area contributed by atoms with Crippen molar-refractivity contribution in [3.63, 3.8) is 0 Å². The molecule has 1 saturated carbocycles. The summed E-state index contributed by atoms with van der Waals surface area (Å²) in [6, 6.07) is 7.72. The second-order valence-electron chi connectivity index (χ2n) is 4.01. The van der Waals surface area contributed by atoms with Crippen molar-refractivity contribution in [3.8, 4) is 0 Å². The summed E-state index contributed by atoms with van der Waals surface area (Å²) >= 11 is 0. The molecule has 15 heavy (non-hydrogen) atoms. The zero-order valence-electron chi connectivity index (χ0n) is 8.57. The number of hydrogen-bond donors (Lipinski definition) is 2. The van der Waals surface area contributed by atoms with Gasteiger partial charge in [0.25, 0.3) is 0 Å². The first-order valence-electron chi connectivity index (χ1n) is 5.31. The van der Waals surface area contributed by atoms with Crippen LogP contribution in [0.5, 0.6) is 0 Å². The molecule has 0 radical (unpaired) electrons. The summed E-state index contributed by atoms with van der Waals surface area (Å²) < 4.78 is 0. The molecule has 1 fully saturated rings. The minimum absolute atomic E-state index is 0.349. The highest BCUT2D eigenvalue weighted by molar-refractivity contribution is 5.87. The fraction of sp³-hybridized carbons (Fsp3) is 0.417. The molecular weight excluding hydrogens is 190 g/mol. The number of carbonyl (C=O) groups is 1. The Morgan fingerprint density at radius 3 is 2.47 bits per heavy atom. The van der Waals surface area contributed by atoms with E-state index >= 15 is 0 Å². The Kier molecular flexibility index (Phi) is 3.02. The van der Waals surface area contributed by atoms with Crippen LogP contribution in [0.4, 0.5) is 0 Å². The van der Waals surface area contributed by atoms with Crippen LogP contribution in [0.3, 0.4) is 0 Å². The van der Waals surface area contributed by atoms with Crippen molar-refractivity contribution >= 4 is 5.97 Å². The van der Waals surface area contributed by atoms with E-state index in [0.717, 1.165) is 12.1 Å². The molecule has 2 rings (SSSR count). The van der Waals surface area contributed by atoms with Crippen molar-refractivity contribution in [1.82, 2.24) is 5.32 Å². The van der Waals surface area contributed by atoms with E-state index in [1.807, 2.05) is 12.1 Å². The van der Waals surface area contributed by atoms with E-state index in [-0.39, 0.29) is 0 Å². The minimum Gasteiger partial charge on any atom is -0.478 e. The first-order valence-corrected chi connectivity index (χ1v) is 5.31. The second-order valence-corrected chi connectivity index (χ2v) is 4.01. The predicted octanol–water partition coefficient (Wildman–Crippen LogP) is 2.03. The van der Waals surface area contributed by atoms with Gasteiger partial charge < -0.3 is 10.4 Å². The maximum Gasteiger partial charge on any atom is 0.335 e. The Bertz CT molecular complexity index is 341. The number of rotatable bonds is 4. The highest BCUT2D eigenvalue weighted by Gasteiger charge is 2.15. The van der Waals surface area contributed by atoms with Gasteiger partial charge in [-0.1, -0.05) is 18.6 Å². The van der Waals surface area contributed by atoms with Gasteiger partial charge in [0.2, 0.25) is 0 Å². The minimum atomic E-state index is -0.867. The summed E-state index contributed by atoms with van der Waals surface area (Å²) in [6.07, 6.45) is 3.87. The molecule has 0 heterocycles. The van der Waals surface area contributed by atoms with Gasteiger partial charge >= 0.3 is 5.97 Å². The van der Waals surface area contributed by atoms with E-state index in [4.69, 9.17) is 5.11 Å². The maximum absolute atomic E-state index is 10.6. The van der Waals surface area contributed by atoms with Crippen molar-refractivity contribution in [3.05, 3.63) is 35.4 Å². The van der Waals surface area contributed by atoms with Gasteiger partial charge in [0.15, 0.2) is 0 Å². The molecule has 3 heteroatoms. The van der Waals surface area contributed by atoms with E-state index in [9.17, 15) is 4.79 Å². The van der Waals surface area contributed by atoms with Gasteiger partial charge in [-0.3, -0.25) is 0 Å². The molecule has 0 aromatic heterocycles. The lowest BCUT2D eigenvalue weighted by Gasteiger charge is -2.26. The molecule has 0 saturated heterocycles. The summed E-state index contributed by atoms with van der Waals surface area (Å²) in [7, 11) is 0. The van der Waals surface area contributed by atoms with Crippen LogP contribution >= 0.6 is 0 Å². The number of nitrogens with one attached hydrogen (secondary N) is 1. The molecule has 0 amide bonds. The smallest absolute Gasteiger partial charge is 0.335 e. The molecule has 3 nitrogen and oxygen atoms in total. The summed E-state index contributed by atoms with van der Waals surface area (Å²) in [4.78, 5) is 10.6. The molecule has 1 aromatic rings. The zero-order chi connectivity index (χ0) is 10.7. The van der Waals surface area contributed by atoms with Crippen molar-refractivity contribution in [2.24, 2.45) is 0 Å². The quantitative estimate of drug-likeness (QED) is 0.790. The third-order valence-electron chi connectivity index (χ3n) is 2.90. The summed E-state index contributed by atoms with van der Waals surface area (Å²) in [5, 5.41) is 12.2. The van der Waals surface area contributed by atoms with Gasteiger partial charge in [-0.2, -0.15) is 0 Å². The Balaban J connectivity index is 1.88. The van der Waals surface area contributed by atoms with Gasteiger partial charge in [0.1, 0.15) is 0 Å². The molecule has 0 bridgehead atoms. The standard InChI is InChI=1S/C12H15NO2/c14-12(15)10-6-4-9(5-7-10)8-13-11-2-1-3-11/h4-7,11,13H,1-3,8H2,(H,14,15). The van der Waals surface area contributed by atoms with Gasteiger partial charge in [-0.25, -0.2) is 4.79 Å². The van der Waals surface area contributed by atoms with Crippen LogP contribution in [0.2, 0.25) is 0 Å². The molecule has 0 spiro atoms. The largest absolute Gasteiger partial charge is 0.478 e. The fourth-order valence-corrected chi connectivity index (χ4v) is 1.64. The van der Waals surface area contributed by atoms with Crippen LogP contribution in [-0.4, -0.2) is 17.1 Å². The molecule has 0 aliphatic heterocycles. The van der Waals surface area contributed by atoms with Crippen LogP contribution in [0.25, 0.3) is 0 Å². The lowest BCUT2D eigenvalue weighted by atomic mass is 9.93. The molecule has 0 unspecified atom stereocenters. The SMILES string of the molecule is O=C(O)c1ccc(CNC2CCC2)cc1. The summed E-state index contributed by atoms with van der Waals surface area (Å²) in [6.45, 7) is 0.838. The van der Waals surface area contributed by atoms with Gasteiger partial charge in [-0.15, -0.1) is 0 Å². The average Bonchev–Trinajstić information content (AvgIpc) is 2.16. The van der Waals surface area contributed by atoms with Crippen molar-refractivity contribution in [2.45, 2.75) is 31.8 Å². The van der Waals surface area contributed by atoms with Gasteiger partial charge in [0.05, 0.1) is 5.56 Å². The number of carboxylic acid groups (broad SMARTS) is 1. The van der Waals surface area contributed by atoms with Crippen LogP contribution in [0, 0.1) is 0 Å². The van der Waals surface area contributed by atoms with Crippen LogP contribution in [0.15, 0.2) is 24.3 Å². The van der Waals surface area contributed by atoms with Crippen molar-refractivity contribution < 1.29 is 9.90 Å². The lowest BCUT2D eigenvalue weighted by molar-refractivity contribution is 0.0697. The first-order chi connectivity index (χ1) is 7.25. The maximum atomic E-state index is 10.6. The first kappa shape index (κ1) is 10.2. The van der Waals surface area contributed by atoms with Crippen molar-refractivity contribution in [2.75, 3.05) is 0 Å². The molecule has 1 aliphatic carbocycles. The molecule has 2 N–H and O–H groups in total. The number of hydrogen-bond acceptors (Lipinski definition) is 2. The van der Waals surface area contributed by atoms with E-state index in [2.05, 4.69) is 5.32 Å². The molecular formula is C12H15NO2. The van der Waals surface area contributed by atoms with Crippen LogP contribution < -0.4 is 5.32 Å². The van der Waals surface area contributed by atoms with E-state index in [1.54, 1.807) is 12.1 Å². The third-order valence-corrected chi connectivity index (χ3v) is 2.90. The molecule has 80 valence electrons. The normalized spacial score (nSPS) is 16.0. The second kappa shape index (κ2) is 4.45. The summed E-state index contributed by atoms with van der Waals surface area (Å²) in [5.74, 6) is -0.867.